The van der Waals surface area contributed by atoms with Gasteiger partial charge in [-0.3, -0.25) is 9.59 Å². The molecule has 0 spiro atoms. The number of benzene rings is 1. The third kappa shape index (κ3) is 3.53. The summed E-state index contributed by atoms with van der Waals surface area (Å²) in [6.07, 6.45) is -0.279. The molecule has 0 aliphatic heterocycles. The molecule has 110 valence electrons. The second-order valence-corrected chi connectivity index (χ2v) is 4.79. The largest absolute Gasteiger partial charge is 0.481 e. The Kier molecular flexibility index (Phi) is 5.19. The Morgan fingerprint density at radius 2 is 1.90 bits per heavy atom. The number of halogens is 2. The Labute approximate surface area is 116 Å². The summed E-state index contributed by atoms with van der Waals surface area (Å²) in [5.74, 6) is -3.76. The fourth-order valence-corrected chi connectivity index (χ4v) is 1.81. The average Bonchev–Trinajstić information content (AvgIpc) is 2.34. The third-order valence-corrected chi connectivity index (χ3v) is 2.95. The van der Waals surface area contributed by atoms with Gasteiger partial charge >= 0.3 is 5.97 Å². The molecule has 1 aromatic carbocycles. The topological polar surface area (TPSA) is 57.6 Å². The van der Waals surface area contributed by atoms with E-state index in [9.17, 15) is 18.4 Å². The van der Waals surface area contributed by atoms with E-state index < -0.39 is 29.1 Å². The van der Waals surface area contributed by atoms with Crippen LogP contribution in [0.2, 0.25) is 0 Å². The van der Waals surface area contributed by atoms with Crippen LogP contribution in [0.4, 0.5) is 8.78 Å². The minimum absolute atomic E-state index is 0.0986. The van der Waals surface area contributed by atoms with Crippen molar-refractivity contribution >= 4 is 11.9 Å². The van der Waals surface area contributed by atoms with E-state index in [1.165, 1.54) is 13.0 Å². The molecule has 0 saturated carbocycles. The molecule has 1 amide bonds. The maximum atomic E-state index is 13.9. The molecule has 0 aromatic heterocycles. The van der Waals surface area contributed by atoms with E-state index in [1.54, 1.807) is 13.8 Å². The Bertz CT molecular complexity index is 529. The molecule has 0 aliphatic carbocycles. The van der Waals surface area contributed by atoms with Crippen molar-refractivity contribution in [3.63, 3.8) is 0 Å². The summed E-state index contributed by atoms with van der Waals surface area (Å²) in [5, 5.41) is 8.66. The van der Waals surface area contributed by atoms with Crippen molar-refractivity contribution in [1.29, 1.82) is 0 Å². The van der Waals surface area contributed by atoms with Crippen molar-refractivity contribution in [2.24, 2.45) is 0 Å². The van der Waals surface area contributed by atoms with Crippen LogP contribution < -0.4 is 0 Å². The van der Waals surface area contributed by atoms with Crippen molar-refractivity contribution in [1.82, 2.24) is 4.90 Å². The first kappa shape index (κ1) is 16.1. The molecular formula is C14H17F2NO3. The van der Waals surface area contributed by atoms with Gasteiger partial charge in [-0.25, -0.2) is 8.78 Å². The lowest BCUT2D eigenvalue weighted by Gasteiger charge is -2.26. The van der Waals surface area contributed by atoms with Crippen LogP contribution in [0.3, 0.4) is 0 Å². The Hall–Kier alpha value is -1.98. The van der Waals surface area contributed by atoms with Crippen LogP contribution in [0.15, 0.2) is 12.1 Å². The number of carboxylic acid groups (broad SMARTS) is 1. The Morgan fingerprint density at radius 3 is 2.40 bits per heavy atom. The molecule has 1 N–H and O–H groups in total. The minimum Gasteiger partial charge on any atom is -0.481 e. The fourth-order valence-electron chi connectivity index (χ4n) is 1.81. The molecule has 6 heteroatoms. The van der Waals surface area contributed by atoms with Gasteiger partial charge in [-0.2, -0.15) is 0 Å². The summed E-state index contributed by atoms with van der Waals surface area (Å²) in [6, 6.07) is 1.92. The first-order valence-corrected chi connectivity index (χ1v) is 6.23. The zero-order valence-corrected chi connectivity index (χ0v) is 11.6. The standard InChI is InChI=1S/C14H17F2NO3/c1-8(2)17(7-6-11(18)19)14(20)12-10(15)5-4-9(3)13(12)16/h4-5,8H,6-7H2,1-3H3,(H,18,19). The van der Waals surface area contributed by atoms with Crippen molar-refractivity contribution in [3.05, 3.63) is 34.9 Å². The van der Waals surface area contributed by atoms with E-state index >= 15 is 0 Å². The van der Waals surface area contributed by atoms with E-state index in [2.05, 4.69) is 0 Å². The van der Waals surface area contributed by atoms with Gasteiger partial charge in [0.05, 0.1) is 6.42 Å². The zero-order chi connectivity index (χ0) is 15.4. The van der Waals surface area contributed by atoms with Crippen LogP contribution in [0, 0.1) is 18.6 Å². The van der Waals surface area contributed by atoms with Crippen molar-refractivity contribution in [2.45, 2.75) is 33.2 Å². The molecule has 0 saturated heterocycles. The lowest BCUT2D eigenvalue weighted by molar-refractivity contribution is -0.137. The number of carbonyl (C=O) groups excluding carboxylic acids is 1. The SMILES string of the molecule is Cc1ccc(F)c(C(=O)N(CCC(=O)O)C(C)C)c1F. The molecule has 4 nitrogen and oxygen atoms in total. The second kappa shape index (κ2) is 6.45. The minimum atomic E-state index is -1.08. The number of aryl methyl sites for hydroxylation is 1. The Morgan fingerprint density at radius 1 is 1.30 bits per heavy atom. The first-order chi connectivity index (χ1) is 9.25. The van der Waals surface area contributed by atoms with Gasteiger partial charge in [0.15, 0.2) is 0 Å². The molecule has 1 aromatic rings. The van der Waals surface area contributed by atoms with Crippen molar-refractivity contribution < 1.29 is 23.5 Å². The number of hydrogen-bond acceptors (Lipinski definition) is 2. The molecule has 20 heavy (non-hydrogen) atoms. The monoisotopic (exact) mass is 285 g/mol. The van der Waals surface area contributed by atoms with Crippen LogP contribution in [-0.4, -0.2) is 34.5 Å². The van der Waals surface area contributed by atoms with Crippen molar-refractivity contribution in [2.75, 3.05) is 6.54 Å². The maximum absolute atomic E-state index is 13.9. The predicted molar refractivity (Wildman–Crippen MR) is 69.5 cm³/mol. The van der Waals surface area contributed by atoms with Crippen LogP contribution in [0.1, 0.15) is 36.2 Å². The van der Waals surface area contributed by atoms with Gasteiger partial charge in [-0.15, -0.1) is 0 Å². The predicted octanol–water partition coefficient (Wildman–Crippen LogP) is 2.60. The van der Waals surface area contributed by atoms with Gasteiger partial charge in [0, 0.05) is 12.6 Å². The zero-order valence-electron chi connectivity index (χ0n) is 11.6. The van der Waals surface area contributed by atoms with Crippen LogP contribution >= 0.6 is 0 Å². The lowest BCUT2D eigenvalue weighted by Crippen LogP contribution is -2.39. The van der Waals surface area contributed by atoms with Crippen LogP contribution in [0.25, 0.3) is 0 Å². The number of aliphatic carboxylic acids is 1. The molecule has 0 atom stereocenters. The quantitative estimate of drug-likeness (QED) is 0.904. The number of hydrogen-bond donors (Lipinski definition) is 1. The highest BCUT2D eigenvalue weighted by atomic mass is 19.1. The third-order valence-electron chi connectivity index (χ3n) is 2.95. The number of rotatable bonds is 5. The summed E-state index contributed by atoms with van der Waals surface area (Å²) in [7, 11) is 0. The average molecular weight is 285 g/mol. The fraction of sp³-hybridized carbons (Fsp3) is 0.429. The van der Waals surface area contributed by atoms with Gasteiger partial charge in [0.2, 0.25) is 0 Å². The molecule has 0 radical (unpaired) electrons. The highest BCUT2D eigenvalue weighted by molar-refractivity contribution is 5.95. The van der Waals surface area contributed by atoms with Gasteiger partial charge in [-0.05, 0) is 32.4 Å². The number of carbonyl (C=O) groups is 2. The summed E-state index contributed by atoms with van der Waals surface area (Å²) in [4.78, 5) is 24.0. The molecule has 1 rings (SSSR count). The lowest BCUT2D eigenvalue weighted by atomic mass is 10.1. The van der Waals surface area contributed by atoms with Crippen LogP contribution in [-0.2, 0) is 4.79 Å². The molecule has 0 bridgehead atoms. The van der Waals surface area contributed by atoms with E-state index in [1.807, 2.05) is 0 Å². The number of amides is 1. The van der Waals surface area contributed by atoms with Gasteiger partial charge in [0.1, 0.15) is 17.2 Å². The number of carboxylic acids is 1. The summed E-state index contributed by atoms with van der Waals surface area (Å²) < 4.78 is 27.6. The van der Waals surface area contributed by atoms with E-state index in [-0.39, 0.29) is 24.6 Å². The molecular weight excluding hydrogens is 268 g/mol. The molecule has 0 unspecified atom stereocenters. The normalized spacial score (nSPS) is 10.7. The van der Waals surface area contributed by atoms with Crippen molar-refractivity contribution in [3.8, 4) is 0 Å². The van der Waals surface area contributed by atoms with Crippen LogP contribution in [0.5, 0.6) is 0 Å². The highest BCUT2D eigenvalue weighted by Gasteiger charge is 2.26. The highest BCUT2D eigenvalue weighted by Crippen LogP contribution is 2.19. The second-order valence-electron chi connectivity index (χ2n) is 4.79. The van der Waals surface area contributed by atoms with Gasteiger partial charge in [0.25, 0.3) is 5.91 Å². The summed E-state index contributed by atoms with van der Waals surface area (Å²) >= 11 is 0. The van der Waals surface area contributed by atoms with E-state index in [0.29, 0.717) is 0 Å². The van der Waals surface area contributed by atoms with E-state index in [0.717, 1.165) is 11.0 Å². The smallest absolute Gasteiger partial charge is 0.305 e. The Balaban J connectivity index is 3.13. The van der Waals surface area contributed by atoms with E-state index in [4.69, 9.17) is 5.11 Å². The summed E-state index contributed by atoms with van der Waals surface area (Å²) in [6.45, 7) is 4.65. The molecule has 0 heterocycles. The number of nitrogens with zero attached hydrogens (tertiary/aromatic N) is 1. The van der Waals surface area contributed by atoms with Gasteiger partial charge in [-0.1, -0.05) is 6.07 Å². The first-order valence-electron chi connectivity index (χ1n) is 6.23. The molecule has 0 fully saturated rings. The summed E-state index contributed by atoms with van der Waals surface area (Å²) in [5.41, 5.74) is -0.472. The molecule has 0 aliphatic rings. The maximum Gasteiger partial charge on any atom is 0.305 e. The van der Waals surface area contributed by atoms with Gasteiger partial charge < -0.3 is 10.0 Å².